The second-order valence-electron chi connectivity index (χ2n) is 6.89. The van der Waals surface area contributed by atoms with Gasteiger partial charge in [-0.1, -0.05) is 38.1 Å². The summed E-state index contributed by atoms with van der Waals surface area (Å²) in [4.78, 5) is 31.6. The third kappa shape index (κ3) is 5.70. The summed E-state index contributed by atoms with van der Waals surface area (Å²) in [6.45, 7) is 5.69. The Balaban J connectivity index is 1.81. The highest BCUT2D eigenvalue weighted by Crippen LogP contribution is 2.25. The number of fused-ring (bicyclic) bond motifs is 1. The number of carbonyl (C=O) groups is 2. The number of para-hydroxylation sites is 1. The molecule has 0 aliphatic carbocycles. The maximum Gasteiger partial charge on any atom is 0.270 e. The molecule has 0 bridgehead atoms. The molecule has 0 unspecified atom stereocenters. The van der Waals surface area contributed by atoms with Gasteiger partial charge in [0.15, 0.2) is 0 Å². The van der Waals surface area contributed by atoms with Gasteiger partial charge in [-0.05, 0) is 37.4 Å². The van der Waals surface area contributed by atoms with Crippen LogP contribution in [-0.2, 0) is 4.79 Å². The predicted octanol–water partition coefficient (Wildman–Crippen LogP) is 3.09. The minimum atomic E-state index is -0.416. The van der Waals surface area contributed by atoms with Crippen molar-refractivity contribution >= 4 is 34.2 Å². The van der Waals surface area contributed by atoms with Crippen LogP contribution in [0.15, 0.2) is 54.6 Å². The maximum absolute atomic E-state index is 12.9. The van der Waals surface area contributed by atoms with Crippen molar-refractivity contribution in [1.82, 2.24) is 20.7 Å². The van der Waals surface area contributed by atoms with E-state index in [2.05, 4.69) is 21.2 Å². The van der Waals surface area contributed by atoms with Crippen molar-refractivity contribution in [3.8, 4) is 5.75 Å². The number of methoxy groups -OCH3 is 1. The Bertz CT molecular complexity index is 1070. The highest BCUT2D eigenvalue weighted by atomic mass is 16.5. The lowest BCUT2D eigenvalue weighted by Gasteiger charge is -2.17. The lowest BCUT2D eigenvalue weighted by Crippen LogP contribution is -2.46. The zero-order valence-corrected chi connectivity index (χ0v) is 17.9. The topological polar surface area (TPSA) is 95.6 Å². The zero-order valence-electron chi connectivity index (χ0n) is 17.9. The van der Waals surface area contributed by atoms with Crippen LogP contribution in [-0.4, -0.2) is 48.4 Å². The van der Waals surface area contributed by atoms with Crippen molar-refractivity contribution in [1.29, 1.82) is 0 Å². The summed E-state index contributed by atoms with van der Waals surface area (Å²) >= 11 is 0. The fourth-order valence-electron chi connectivity index (χ4n) is 3.16. The molecular formula is C23H27N5O3. The standard InChI is InChI=1S/C23H27N5O3/c1-4-28(5-2)15-22(29)26-27-23(30)19-14-21(25-20-12-7-6-11-18(19)20)24-16-9-8-10-17(13-16)31-3/h6-14H,4-5,15H2,1-3H3,(H,24,25)(H,26,29)(H,27,30). The second-order valence-corrected chi connectivity index (χ2v) is 6.89. The number of rotatable bonds is 8. The van der Waals surface area contributed by atoms with Crippen LogP contribution in [0.5, 0.6) is 5.75 Å². The van der Waals surface area contributed by atoms with Gasteiger partial charge in [0.1, 0.15) is 11.6 Å². The molecule has 0 spiro atoms. The number of anilines is 2. The van der Waals surface area contributed by atoms with E-state index in [1.807, 2.05) is 67.3 Å². The van der Waals surface area contributed by atoms with Crippen LogP contribution in [0.4, 0.5) is 11.5 Å². The highest BCUT2D eigenvalue weighted by Gasteiger charge is 2.15. The molecule has 8 nitrogen and oxygen atoms in total. The monoisotopic (exact) mass is 421 g/mol. The van der Waals surface area contributed by atoms with Crippen LogP contribution in [0.25, 0.3) is 10.9 Å². The summed E-state index contributed by atoms with van der Waals surface area (Å²) in [5.41, 5.74) is 6.85. The smallest absolute Gasteiger partial charge is 0.270 e. The number of hydrogen-bond acceptors (Lipinski definition) is 6. The molecule has 3 N–H and O–H groups in total. The molecule has 0 radical (unpaired) electrons. The van der Waals surface area contributed by atoms with Crippen LogP contribution < -0.4 is 20.9 Å². The first-order chi connectivity index (χ1) is 15.0. The number of hydrogen-bond donors (Lipinski definition) is 3. The largest absolute Gasteiger partial charge is 0.497 e. The molecule has 0 aliphatic rings. The molecule has 0 fully saturated rings. The third-order valence-corrected chi connectivity index (χ3v) is 4.88. The van der Waals surface area contributed by atoms with Gasteiger partial charge in [-0.25, -0.2) is 4.98 Å². The first-order valence-corrected chi connectivity index (χ1v) is 10.2. The van der Waals surface area contributed by atoms with Gasteiger partial charge in [-0.3, -0.25) is 25.3 Å². The molecule has 2 amide bonds. The van der Waals surface area contributed by atoms with E-state index in [-0.39, 0.29) is 12.5 Å². The van der Waals surface area contributed by atoms with Gasteiger partial charge in [0, 0.05) is 17.1 Å². The number of amides is 2. The number of hydrazine groups is 1. The summed E-state index contributed by atoms with van der Waals surface area (Å²) < 4.78 is 5.25. The van der Waals surface area contributed by atoms with Gasteiger partial charge < -0.3 is 10.1 Å². The summed E-state index contributed by atoms with van der Waals surface area (Å²) in [7, 11) is 1.60. The fourth-order valence-corrected chi connectivity index (χ4v) is 3.16. The molecule has 0 saturated heterocycles. The average Bonchev–Trinajstić information content (AvgIpc) is 2.80. The van der Waals surface area contributed by atoms with Gasteiger partial charge in [-0.2, -0.15) is 0 Å². The van der Waals surface area contributed by atoms with Gasteiger partial charge in [0.25, 0.3) is 11.8 Å². The summed E-state index contributed by atoms with van der Waals surface area (Å²) in [6.07, 6.45) is 0. The Kier molecular flexibility index (Phi) is 7.40. The molecule has 1 aromatic heterocycles. The van der Waals surface area contributed by atoms with Crippen molar-refractivity contribution in [2.24, 2.45) is 0 Å². The number of likely N-dealkylation sites (N-methyl/N-ethyl adjacent to an activating group) is 1. The van der Waals surface area contributed by atoms with Crippen molar-refractivity contribution in [3.05, 3.63) is 60.2 Å². The Morgan fingerprint density at radius 2 is 1.77 bits per heavy atom. The molecule has 3 aromatic rings. The van der Waals surface area contributed by atoms with Crippen molar-refractivity contribution < 1.29 is 14.3 Å². The van der Waals surface area contributed by atoms with Crippen LogP contribution in [0.1, 0.15) is 24.2 Å². The quantitative estimate of drug-likeness (QED) is 0.484. The number of ether oxygens (including phenoxy) is 1. The summed E-state index contributed by atoms with van der Waals surface area (Å²) in [6, 6.07) is 16.4. The molecule has 0 aliphatic heterocycles. The van der Waals surface area contributed by atoms with E-state index >= 15 is 0 Å². The minimum Gasteiger partial charge on any atom is -0.497 e. The Morgan fingerprint density at radius 1 is 1.00 bits per heavy atom. The lowest BCUT2D eigenvalue weighted by atomic mass is 10.1. The first-order valence-electron chi connectivity index (χ1n) is 10.2. The van der Waals surface area contributed by atoms with Crippen LogP contribution in [0.3, 0.4) is 0 Å². The van der Waals surface area contributed by atoms with Crippen molar-refractivity contribution in [2.45, 2.75) is 13.8 Å². The van der Waals surface area contributed by atoms with Crippen molar-refractivity contribution in [2.75, 3.05) is 32.1 Å². The van der Waals surface area contributed by atoms with E-state index in [1.165, 1.54) is 0 Å². The molecule has 31 heavy (non-hydrogen) atoms. The average molecular weight is 422 g/mol. The minimum absolute atomic E-state index is 0.215. The normalized spacial score (nSPS) is 10.7. The zero-order chi connectivity index (χ0) is 22.2. The second kappa shape index (κ2) is 10.4. The molecule has 0 saturated carbocycles. The van der Waals surface area contributed by atoms with E-state index < -0.39 is 5.91 Å². The molecule has 0 atom stereocenters. The molecule has 8 heteroatoms. The number of nitrogens with zero attached hydrogens (tertiary/aromatic N) is 2. The lowest BCUT2D eigenvalue weighted by molar-refractivity contribution is -0.122. The van der Waals surface area contributed by atoms with E-state index in [4.69, 9.17) is 4.74 Å². The number of aromatic nitrogens is 1. The highest BCUT2D eigenvalue weighted by molar-refractivity contribution is 6.07. The summed E-state index contributed by atoms with van der Waals surface area (Å²) in [5, 5.41) is 3.90. The van der Waals surface area contributed by atoms with Gasteiger partial charge in [0.2, 0.25) is 0 Å². The first kappa shape index (κ1) is 22.0. The van der Waals surface area contributed by atoms with Gasteiger partial charge >= 0.3 is 0 Å². The SMILES string of the molecule is CCN(CC)CC(=O)NNC(=O)c1cc(Nc2cccc(OC)c2)nc2ccccc12. The van der Waals surface area contributed by atoms with E-state index in [1.54, 1.807) is 13.2 Å². The predicted molar refractivity (Wildman–Crippen MR) is 121 cm³/mol. The third-order valence-electron chi connectivity index (χ3n) is 4.88. The number of nitrogens with one attached hydrogen (secondary N) is 3. The van der Waals surface area contributed by atoms with Crippen LogP contribution in [0.2, 0.25) is 0 Å². The maximum atomic E-state index is 12.9. The van der Waals surface area contributed by atoms with Gasteiger partial charge in [0.05, 0.1) is 24.7 Å². The Labute approximate surface area is 181 Å². The van der Waals surface area contributed by atoms with E-state index in [9.17, 15) is 9.59 Å². The van der Waals surface area contributed by atoms with Crippen LogP contribution in [0, 0.1) is 0 Å². The number of benzene rings is 2. The summed E-state index contributed by atoms with van der Waals surface area (Å²) in [5.74, 6) is 0.525. The van der Waals surface area contributed by atoms with Gasteiger partial charge in [-0.15, -0.1) is 0 Å². The van der Waals surface area contributed by atoms with Crippen molar-refractivity contribution in [3.63, 3.8) is 0 Å². The Hall–Kier alpha value is -3.65. The number of pyridine rings is 1. The van der Waals surface area contributed by atoms with Crippen LogP contribution >= 0.6 is 0 Å². The molecule has 2 aromatic carbocycles. The molecule has 162 valence electrons. The molecule has 1 heterocycles. The molecular weight excluding hydrogens is 394 g/mol. The van der Waals surface area contributed by atoms with E-state index in [0.29, 0.717) is 28.0 Å². The number of carbonyl (C=O) groups excluding carboxylic acids is 2. The molecule has 3 rings (SSSR count). The fraction of sp³-hybridized carbons (Fsp3) is 0.261. The Morgan fingerprint density at radius 3 is 2.52 bits per heavy atom. The van der Waals surface area contributed by atoms with E-state index in [0.717, 1.165) is 18.8 Å².